The van der Waals surface area contributed by atoms with Crippen LogP contribution in [0.15, 0.2) is 23.7 Å². The van der Waals surface area contributed by atoms with E-state index in [0.29, 0.717) is 15.9 Å². The number of pyridine rings is 1. The van der Waals surface area contributed by atoms with Crippen LogP contribution in [-0.4, -0.2) is 23.0 Å². The fourth-order valence-electron chi connectivity index (χ4n) is 1.11. The van der Waals surface area contributed by atoms with E-state index in [4.69, 9.17) is 11.6 Å². The monoisotopic (exact) mass is 254 g/mol. The van der Waals surface area contributed by atoms with Gasteiger partial charge in [-0.25, -0.2) is 14.8 Å². The van der Waals surface area contributed by atoms with Crippen LogP contribution in [0, 0.1) is 0 Å². The number of nitrogens with zero attached hydrogens (tertiary/aromatic N) is 2. The first-order valence-corrected chi connectivity index (χ1v) is 5.62. The zero-order valence-electron chi connectivity index (χ0n) is 8.31. The molecule has 16 heavy (non-hydrogen) atoms. The molecular weight excluding hydrogens is 248 g/mol. The second-order valence-corrected chi connectivity index (χ2v) is 4.14. The van der Waals surface area contributed by atoms with E-state index in [0.717, 1.165) is 5.56 Å². The Morgan fingerprint density at radius 1 is 1.50 bits per heavy atom. The minimum absolute atomic E-state index is 0.303. The SMILES string of the molecule is COC(=O)c1csc(-c2ccc(Cl)nc2)n1. The third kappa shape index (κ3) is 2.20. The van der Waals surface area contributed by atoms with Gasteiger partial charge < -0.3 is 4.74 Å². The van der Waals surface area contributed by atoms with E-state index in [1.54, 1.807) is 23.7 Å². The molecule has 0 amide bonds. The molecule has 0 unspecified atom stereocenters. The molecule has 6 heteroatoms. The van der Waals surface area contributed by atoms with Crippen LogP contribution in [0.3, 0.4) is 0 Å². The zero-order valence-corrected chi connectivity index (χ0v) is 9.88. The maximum absolute atomic E-state index is 11.2. The number of halogens is 1. The summed E-state index contributed by atoms with van der Waals surface area (Å²) in [6.45, 7) is 0. The first-order valence-electron chi connectivity index (χ1n) is 4.36. The number of thiazole rings is 1. The Labute approximate surface area is 101 Å². The van der Waals surface area contributed by atoms with Gasteiger partial charge in [-0.1, -0.05) is 11.6 Å². The number of carbonyl (C=O) groups is 1. The highest BCUT2D eigenvalue weighted by Crippen LogP contribution is 2.23. The molecule has 0 N–H and O–H groups in total. The van der Waals surface area contributed by atoms with Crippen LogP contribution in [0.5, 0.6) is 0 Å². The van der Waals surface area contributed by atoms with Gasteiger partial charge in [-0.05, 0) is 12.1 Å². The van der Waals surface area contributed by atoms with Gasteiger partial charge in [0.25, 0.3) is 0 Å². The minimum Gasteiger partial charge on any atom is -0.464 e. The number of carbonyl (C=O) groups excluding carboxylic acids is 1. The highest BCUT2D eigenvalue weighted by atomic mass is 35.5. The quantitative estimate of drug-likeness (QED) is 0.611. The fourth-order valence-corrected chi connectivity index (χ4v) is 2.00. The summed E-state index contributed by atoms with van der Waals surface area (Å²) in [6.07, 6.45) is 1.61. The Balaban J connectivity index is 2.31. The second-order valence-electron chi connectivity index (χ2n) is 2.90. The van der Waals surface area contributed by atoms with Crippen LogP contribution in [0.25, 0.3) is 10.6 Å². The van der Waals surface area contributed by atoms with Crippen molar-refractivity contribution in [3.05, 3.63) is 34.6 Å². The molecule has 0 aliphatic heterocycles. The smallest absolute Gasteiger partial charge is 0.357 e. The molecule has 2 heterocycles. The summed E-state index contributed by atoms with van der Waals surface area (Å²) < 4.78 is 4.57. The highest BCUT2D eigenvalue weighted by Gasteiger charge is 2.11. The Kier molecular flexibility index (Phi) is 3.17. The van der Waals surface area contributed by atoms with Crippen LogP contribution in [-0.2, 0) is 4.74 Å². The first-order chi connectivity index (χ1) is 7.70. The van der Waals surface area contributed by atoms with Crippen molar-refractivity contribution in [2.75, 3.05) is 7.11 Å². The molecule has 0 atom stereocenters. The van der Waals surface area contributed by atoms with E-state index in [2.05, 4.69) is 14.7 Å². The van der Waals surface area contributed by atoms with Gasteiger partial charge in [0.05, 0.1) is 7.11 Å². The maximum atomic E-state index is 11.2. The van der Waals surface area contributed by atoms with Crippen molar-refractivity contribution in [1.82, 2.24) is 9.97 Å². The molecule has 0 aromatic carbocycles. The van der Waals surface area contributed by atoms with Crippen molar-refractivity contribution >= 4 is 28.9 Å². The average Bonchev–Trinajstić information content (AvgIpc) is 2.78. The molecule has 82 valence electrons. The molecule has 0 saturated carbocycles. The molecule has 0 saturated heterocycles. The minimum atomic E-state index is -0.440. The Bertz CT molecular complexity index is 510. The number of esters is 1. The number of ether oxygens (including phenoxy) is 1. The van der Waals surface area contributed by atoms with Crippen molar-refractivity contribution in [3.63, 3.8) is 0 Å². The predicted molar refractivity (Wildman–Crippen MR) is 61.7 cm³/mol. The summed E-state index contributed by atoms with van der Waals surface area (Å²) >= 11 is 7.03. The normalized spacial score (nSPS) is 10.1. The van der Waals surface area contributed by atoms with E-state index in [9.17, 15) is 4.79 Å². The van der Waals surface area contributed by atoms with Gasteiger partial charge in [-0.2, -0.15) is 0 Å². The number of aromatic nitrogens is 2. The Morgan fingerprint density at radius 3 is 2.94 bits per heavy atom. The Hall–Kier alpha value is -1.46. The fraction of sp³-hybridized carbons (Fsp3) is 0.100. The first kappa shape index (κ1) is 11.0. The van der Waals surface area contributed by atoms with Crippen LogP contribution < -0.4 is 0 Å². The van der Waals surface area contributed by atoms with Gasteiger partial charge in [-0.3, -0.25) is 0 Å². The maximum Gasteiger partial charge on any atom is 0.357 e. The summed E-state index contributed by atoms with van der Waals surface area (Å²) in [5.41, 5.74) is 1.13. The largest absolute Gasteiger partial charge is 0.464 e. The van der Waals surface area contributed by atoms with Gasteiger partial charge >= 0.3 is 5.97 Å². The summed E-state index contributed by atoms with van der Waals surface area (Å²) in [4.78, 5) is 19.3. The molecular formula is C10H7ClN2O2S. The molecule has 0 aliphatic rings. The molecule has 2 aromatic rings. The van der Waals surface area contributed by atoms with Crippen LogP contribution in [0.4, 0.5) is 0 Å². The standard InChI is InChI=1S/C10H7ClN2O2S/c1-15-10(14)7-5-16-9(13-7)6-2-3-8(11)12-4-6/h2-5H,1H3. The highest BCUT2D eigenvalue weighted by molar-refractivity contribution is 7.13. The topological polar surface area (TPSA) is 52.1 Å². The van der Waals surface area contributed by atoms with Gasteiger partial charge in [0.2, 0.25) is 0 Å². The summed E-state index contributed by atoms with van der Waals surface area (Å²) in [5.74, 6) is -0.440. The summed E-state index contributed by atoms with van der Waals surface area (Å²) in [7, 11) is 1.32. The number of hydrogen-bond donors (Lipinski definition) is 0. The van der Waals surface area contributed by atoms with Crippen molar-refractivity contribution in [3.8, 4) is 10.6 Å². The van der Waals surface area contributed by atoms with E-state index in [-0.39, 0.29) is 0 Å². The van der Waals surface area contributed by atoms with Gasteiger partial charge in [-0.15, -0.1) is 11.3 Å². The van der Waals surface area contributed by atoms with Crippen LogP contribution in [0.2, 0.25) is 5.15 Å². The lowest BCUT2D eigenvalue weighted by atomic mass is 10.3. The third-order valence-electron chi connectivity index (χ3n) is 1.87. The van der Waals surface area contributed by atoms with E-state index in [1.807, 2.05) is 0 Å². The van der Waals surface area contributed by atoms with E-state index >= 15 is 0 Å². The van der Waals surface area contributed by atoms with E-state index < -0.39 is 5.97 Å². The summed E-state index contributed by atoms with van der Waals surface area (Å²) in [6, 6.07) is 3.48. The molecule has 0 bridgehead atoms. The van der Waals surface area contributed by atoms with Gasteiger partial charge in [0.1, 0.15) is 10.2 Å². The average molecular weight is 255 g/mol. The van der Waals surface area contributed by atoms with Crippen LogP contribution >= 0.6 is 22.9 Å². The lowest BCUT2D eigenvalue weighted by Gasteiger charge is -1.95. The van der Waals surface area contributed by atoms with Crippen molar-refractivity contribution < 1.29 is 9.53 Å². The molecule has 4 nitrogen and oxygen atoms in total. The molecule has 0 aliphatic carbocycles. The van der Waals surface area contributed by atoms with Crippen molar-refractivity contribution in [2.24, 2.45) is 0 Å². The number of methoxy groups -OCH3 is 1. The van der Waals surface area contributed by atoms with Crippen LogP contribution in [0.1, 0.15) is 10.5 Å². The van der Waals surface area contributed by atoms with Gasteiger partial charge in [0.15, 0.2) is 5.69 Å². The predicted octanol–water partition coefficient (Wildman–Crippen LogP) is 2.65. The summed E-state index contributed by atoms with van der Waals surface area (Å²) in [5, 5.41) is 2.79. The number of rotatable bonds is 2. The van der Waals surface area contributed by atoms with E-state index in [1.165, 1.54) is 18.4 Å². The molecule has 2 rings (SSSR count). The third-order valence-corrected chi connectivity index (χ3v) is 2.99. The lowest BCUT2D eigenvalue weighted by Crippen LogP contribution is -2.00. The lowest BCUT2D eigenvalue weighted by molar-refractivity contribution is 0.0595. The molecule has 0 radical (unpaired) electrons. The second kappa shape index (κ2) is 4.59. The zero-order chi connectivity index (χ0) is 11.5. The number of hydrogen-bond acceptors (Lipinski definition) is 5. The molecule has 0 spiro atoms. The van der Waals surface area contributed by atoms with Gasteiger partial charge in [0, 0.05) is 17.1 Å². The van der Waals surface area contributed by atoms with Crippen molar-refractivity contribution in [2.45, 2.75) is 0 Å². The Morgan fingerprint density at radius 2 is 2.31 bits per heavy atom. The van der Waals surface area contributed by atoms with Crippen molar-refractivity contribution in [1.29, 1.82) is 0 Å². The molecule has 0 fully saturated rings. The molecule has 2 aromatic heterocycles.